The van der Waals surface area contributed by atoms with E-state index in [0.717, 1.165) is 29.3 Å². The van der Waals surface area contributed by atoms with Crippen LogP contribution >= 0.6 is 0 Å². The van der Waals surface area contributed by atoms with Crippen molar-refractivity contribution in [3.05, 3.63) is 36.0 Å². The Morgan fingerprint density at radius 3 is 2.72 bits per heavy atom. The SMILES string of the molecule is CC(=O)N(CCNC(=O)Cc1c[nH]c2ccccc12)C1CCCCC1. The van der Waals surface area contributed by atoms with Crippen LogP contribution in [0.4, 0.5) is 0 Å². The average molecular weight is 341 g/mol. The standard InChI is InChI=1S/C20H27N3O2/c1-15(24)23(17-7-3-2-4-8-17)12-11-21-20(25)13-16-14-22-19-10-6-5-9-18(16)19/h5-6,9-10,14,17,22H,2-4,7-8,11-13H2,1H3,(H,21,25). The van der Waals surface area contributed by atoms with Crippen LogP contribution in [0.5, 0.6) is 0 Å². The maximum atomic E-state index is 12.3. The number of H-pyrrole nitrogens is 1. The molecule has 1 fully saturated rings. The molecule has 134 valence electrons. The fourth-order valence-corrected chi connectivity index (χ4v) is 3.82. The zero-order valence-electron chi connectivity index (χ0n) is 14.9. The van der Waals surface area contributed by atoms with Crippen molar-refractivity contribution < 1.29 is 9.59 Å². The highest BCUT2D eigenvalue weighted by Gasteiger charge is 2.22. The number of carbonyl (C=O) groups is 2. The fraction of sp³-hybridized carbons (Fsp3) is 0.500. The molecule has 3 rings (SSSR count). The van der Waals surface area contributed by atoms with Crippen LogP contribution in [-0.2, 0) is 16.0 Å². The van der Waals surface area contributed by atoms with Crippen molar-refractivity contribution in [1.82, 2.24) is 15.2 Å². The van der Waals surface area contributed by atoms with Crippen LogP contribution in [0.25, 0.3) is 10.9 Å². The van der Waals surface area contributed by atoms with E-state index in [1.54, 1.807) is 6.92 Å². The van der Waals surface area contributed by atoms with Crippen LogP contribution in [0, 0.1) is 0 Å². The van der Waals surface area contributed by atoms with Gasteiger partial charge in [-0.2, -0.15) is 0 Å². The molecule has 2 aromatic rings. The van der Waals surface area contributed by atoms with E-state index in [1.807, 2.05) is 35.4 Å². The summed E-state index contributed by atoms with van der Waals surface area (Å²) in [5.41, 5.74) is 2.05. The number of aromatic nitrogens is 1. The van der Waals surface area contributed by atoms with E-state index in [4.69, 9.17) is 0 Å². The molecule has 0 unspecified atom stereocenters. The van der Waals surface area contributed by atoms with Gasteiger partial charge in [-0.25, -0.2) is 0 Å². The van der Waals surface area contributed by atoms with Gasteiger partial charge in [0, 0.05) is 43.2 Å². The van der Waals surface area contributed by atoms with Crippen LogP contribution in [0.15, 0.2) is 30.5 Å². The summed E-state index contributed by atoms with van der Waals surface area (Å²) in [6.07, 6.45) is 8.08. The Morgan fingerprint density at radius 2 is 1.96 bits per heavy atom. The summed E-state index contributed by atoms with van der Waals surface area (Å²) in [7, 11) is 0. The Bertz CT molecular complexity index is 731. The smallest absolute Gasteiger partial charge is 0.224 e. The molecule has 0 radical (unpaired) electrons. The highest BCUT2D eigenvalue weighted by Crippen LogP contribution is 2.22. The van der Waals surface area contributed by atoms with Crippen molar-refractivity contribution in [2.45, 2.75) is 51.5 Å². The first-order chi connectivity index (χ1) is 12.1. The van der Waals surface area contributed by atoms with Gasteiger partial charge < -0.3 is 15.2 Å². The van der Waals surface area contributed by atoms with E-state index in [9.17, 15) is 9.59 Å². The van der Waals surface area contributed by atoms with Gasteiger partial charge in [0.15, 0.2) is 0 Å². The molecule has 5 heteroatoms. The molecule has 25 heavy (non-hydrogen) atoms. The summed E-state index contributed by atoms with van der Waals surface area (Å²) in [5.74, 6) is 0.106. The molecule has 0 spiro atoms. The summed E-state index contributed by atoms with van der Waals surface area (Å²) in [4.78, 5) is 29.3. The maximum absolute atomic E-state index is 12.3. The Morgan fingerprint density at radius 1 is 1.20 bits per heavy atom. The first-order valence-corrected chi connectivity index (χ1v) is 9.24. The summed E-state index contributed by atoms with van der Waals surface area (Å²) >= 11 is 0. The second-order valence-electron chi connectivity index (χ2n) is 6.89. The van der Waals surface area contributed by atoms with Gasteiger partial charge in [-0.1, -0.05) is 37.5 Å². The number of hydrogen-bond donors (Lipinski definition) is 2. The molecule has 1 aromatic heterocycles. The molecule has 2 N–H and O–H groups in total. The Kier molecular flexibility index (Phi) is 5.74. The van der Waals surface area contributed by atoms with Crippen molar-refractivity contribution in [2.75, 3.05) is 13.1 Å². The van der Waals surface area contributed by atoms with Crippen molar-refractivity contribution in [2.24, 2.45) is 0 Å². The number of aromatic amines is 1. The molecule has 1 aliphatic rings. The summed E-state index contributed by atoms with van der Waals surface area (Å²) in [5, 5.41) is 4.05. The number of benzene rings is 1. The Labute approximate surface area is 148 Å². The highest BCUT2D eigenvalue weighted by atomic mass is 16.2. The van der Waals surface area contributed by atoms with E-state index >= 15 is 0 Å². The van der Waals surface area contributed by atoms with Gasteiger partial charge in [-0.15, -0.1) is 0 Å². The lowest BCUT2D eigenvalue weighted by Crippen LogP contribution is -2.44. The van der Waals surface area contributed by atoms with Crippen LogP contribution in [0.2, 0.25) is 0 Å². The minimum atomic E-state index is -0.00287. The second kappa shape index (κ2) is 8.19. The van der Waals surface area contributed by atoms with Crippen LogP contribution in [-0.4, -0.2) is 40.8 Å². The molecule has 1 aromatic carbocycles. The topological polar surface area (TPSA) is 65.2 Å². The van der Waals surface area contributed by atoms with Crippen LogP contribution in [0.1, 0.15) is 44.6 Å². The van der Waals surface area contributed by atoms with Crippen molar-refractivity contribution in [1.29, 1.82) is 0 Å². The molecule has 2 amide bonds. The number of carbonyl (C=O) groups excluding carboxylic acids is 2. The van der Waals surface area contributed by atoms with Gasteiger partial charge in [0.05, 0.1) is 6.42 Å². The van der Waals surface area contributed by atoms with Gasteiger partial charge in [0.25, 0.3) is 0 Å². The van der Waals surface area contributed by atoms with E-state index in [2.05, 4.69) is 10.3 Å². The minimum Gasteiger partial charge on any atom is -0.361 e. The normalized spacial score (nSPS) is 15.2. The van der Waals surface area contributed by atoms with E-state index in [-0.39, 0.29) is 11.8 Å². The number of para-hydroxylation sites is 1. The third-order valence-electron chi connectivity index (χ3n) is 5.12. The lowest BCUT2D eigenvalue weighted by atomic mass is 9.94. The molecule has 1 aliphatic carbocycles. The molecule has 0 aliphatic heterocycles. The predicted molar refractivity (Wildman–Crippen MR) is 99.3 cm³/mol. The number of fused-ring (bicyclic) bond motifs is 1. The van der Waals surface area contributed by atoms with Crippen LogP contribution in [0.3, 0.4) is 0 Å². The van der Waals surface area contributed by atoms with Gasteiger partial charge >= 0.3 is 0 Å². The van der Waals surface area contributed by atoms with E-state index in [1.165, 1.54) is 19.3 Å². The van der Waals surface area contributed by atoms with E-state index in [0.29, 0.717) is 25.6 Å². The number of hydrogen-bond acceptors (Lipinski definition) is 2. The molecule has 1 saturated carbocycles. The second-order valence-corrected chi connectivity index (χ2v) is 6.89. The fourth-order valence-electron chi connectivity index (χ4n) is 3.82. The molecule has 5 nitrogen and oxygen atoms in total. The maximum Gasteiger partial charge on any atom is 0.224 e. The summed E-state index contributed by atoms with van der Waals surface area (Å²) in [6.45, 7) is 2.74. The molecular weight excluding hydrogens is 314 g/mol. The van der Waals surface area contributed by atoms with E-state index < -0.39 is 0 Å². The molecule has 0 bridgehead atoms. The largest absolute Gasteiger partial charge is 0.361 e. The number of rotatable bonds is 6. The van der Waals surface area contributed by atoms with Gasteiger partial charge in [-0.05, 0) is 24.5 Å². The quantitative estimate of drug-likeness (QED) is 0.848. The van der Waals surface area contributed by atoms with Crippen molar-refractivity contribution in [3.8, 4) is 0 Å². The first-order valence-electron chi connectivity index (χ1n) is 9.24. The molecule has 1 heterocycles. The Hall–Kier alpha value is -2.30. The Balaban J connectivity index is 1.50. The average Bonchev–Trinajstić information content (AvgIpc) is 3.02. The highest BCUT2D eigenvalue weighted by molar-refractivity contribution is 5.88. The predicted octanol–water partition coefficient (Wildman–Crippen LogP) is 3.01. The zero-order chi connectivity index (χ0) is 17.6. The van der Waals surface area contributed by atoms with Crippen molar-refractivity contribution >= 4 is 22.7 Å². The first kappa shape index (κ1) is 17.5. The summed E-state index contributed by atoms with van der Waals surface area (Å²) < 4.78 is 0. The number of nitrogens with one attached hydrogen (secondary N) is 2. The lowest BCUT2D eigenvalue weighted by Gasteiger charge is -2.33. The molecule has 0 atom stereocenters. The monoisotopic (exact) mass is 341 g/mol. The number of amides is 2. The number of nitrogens with zero attached hydrogens (tertiary/aromatic N) is 1. The van der Waals surface area contributed by atoms with Gasteiger partial charge in [0.2, 0.25) is 11.8 Å². The summed E-state index contributed by atoms with van der Waals surface area (Å²) in [6, 6.07) is 8.33. The third kappa shape index (κ3) is 4.41. The molecular formula is C20H27N3O2. The lowest BCUT2D eigenvalue weighted by molar-refractivity contribution is -0.132. The van der Waals surface area contributed by atoms with Gasteiger partial charge in [-0.3, -0.25) is 9.59 Å². The molecule has 0 saturated heterocycles. The van der Waals surface area contributed by atoms with Crippen molar-refractivity contribution in [3.63, 3.8) is 0 Å². The minimum absolute atomic E-state index is 0.00287. The third-order valence-corrected chi connectivity index (χ3v) is 5.12. The van der Waals surface area contributed by atoms with Gasteiger partial charge in [0.1, 0.15) is 0 Å². The van der Waals surface area contributed by atoms with Crippen LogP contribution < -0.4 is 5.32 Å². The zero-order valence-corrected chi connectivity index (χ0v) is 14.9.